The van der Waals surface area contributed by atoms with Crippen molar-refractivity contribution in [3.05, 3.63) is 35.4 Å². The number of carboxylic acid groups (broad SMARTS) is 1. The number of para-hydroxylation sites is 1. The van der Waals surface area contributed by atoms with E-state index in [2.05, 4.69) is 9.71 Å². The van der Waals surface area contributed by atoms with E-state index in [0.717, 1.165) is 30.0 Å². The van der Waals surface area contributed by atoms with E-state index in [-0.39, 0.29) is 11.6 Å². The second-order valence-electron chi connectivity index (χ2n) is 6.43. The molecule has 1 aliphatic rings. The molecule has 7 nitrogen and oxygen atoms in total. The molecule has 1 fully saturated rings. The molecule has 2 aromatic rings. The minimum atomic E-state index is -3.31. The number of benzene rings is 1. The number of aryl methyl sites for hydroxylation is 1. The van der Waals surface area contributed by atoms with Gasteiger partial charge in [-0.25, -0.2) is 22.9 Å². The zero-order valence-electron chi connectivity index (χ0n) is 14.2. The highest BCUT2D eigenvalue weighted by atomic mass is 32.2. The summed E-state index contributed by atoms with van der Waals surface area (Å²) in [5.41, 5.74) is 1.59. The standard InChI is InChI=1S/C17H21N3O4S/c1-11-13-7-3-4-8-14(13)18-16(15(11)17(21)22)20-9-5-6-12(10-20)19-25(2,23)24/h3-4,7-8,12,19H,5-6,9-10H2,1-2H3,(H,21,22). The van der Waals surface area contributed by atoms with E-state index >= 15 is 0 Å². The number of aromatic carboxylic acids is 1. The summed E-state index contributed by atoms with van der Waals surface area (Å²) in [5, 5.41) is 10.5. The van der Waals surface area contributed by atoms with E-state index in [0.29, 0.717) is 24.5 Å². The molecule has 1 aromatic heterocycles. The fourth-order valence-corrected chi connectivity index (χ4v) is 4.21. The minimum Gasteiger partial charge on any atom is -0.478 e. The van der Waals surface area contributed by atoms with Crippen LogP contribution in [0.3, 0.4) is 0 Å². The van der Waals surface area contributed by atoms with Crippen LogP contribution in [0.15, 0.2) is 24.3 Å². The second-order valence-corrected chi connectivity index (χ2v) is 8.21. The van der Waals surface area contributed by atoms with Crippen molar-refractivity contribution >= 4 is 32.7 Å². The molecule has 0 radical (unpaired) electrons. The largest absolute Gasteiger partial charge is 0.478 e. The third-order valence-corrected chi connectivity index (χ3v) is 5.21. The Morgan fingerprint density at radius 1 is 1.36 bits per heavy atom. The molecule has 2 heterocycles. The van der Waals surface area contributed by atoms with Gasteiger partial charge in [-0.15, -0.1) is 0 Å². The van der Waals surface area contributed by atoms with Crippen LogP contribution in [-0.2, 0) is 10.0 Å². The number of aromatic nitrogens is 1. The van der Waals surface area contributed by atoms with Gasteiger partial charge in [-0.3, -0.25) is 0 Å². The lowest BCUT2D eigenvalue weighted by atomic mass is 10.0. The van der Waals surface area contributed by atoms with Gasteiger partial charge in [0, 0.05) is 24.5 Å². The number of nitrogens with zero attached hydrogens (tertiary/aromatic N) is 2. The van der Waals surface area contributed by atoms with Crippen molar-refractivity contribution in [2.75, 3.05) is 24.2 Å². The second kappa shape index (κ2) is 6.61. The lowest BCUT2D eigenvalue weighted by Gasteiger charge is -2.34. The highest BCUT2D eigenvalue weighted by Gasteiger charge is 2.28. The zero-order chi connectivity index (χ0) is 18.2. The average Bonchev–Trinajstić information content (AvgIpc) is 2.53. The summed E-state index contributed by atoms with van der Waals surface area (Å²) in [6.45, 7) is 2.83. The van der Waals surface area contributed by atoms with Gasteiger partial charge in [-0.1, -0.05) is 18.2 Å². The van der Waals surface area contributed by atoms with Crippen LogP contribution in [0.25, 0.3) is 10.9 Å². The first-order chi connectivity index (χ1) is 11.8. The van der Waals surface area contributed by atoms with E-state index in [1.54, 1.807) is 6.92 Å². The number of carbonyl (C=O) groups is 1. The Kier molecular flexibility index (Phi) is 4.66. The predicted octanol–water partition coefficient (Wildman–Crippen LogP) is 1.76. The summed E-state index contributed by atoms with van der Waals surface area (Å²) in [7, 11) is -3.31. The fourth-order valence-electron chi connectivity index (χ4n) is 3.41. The molecular weight excluding hydrogens is 342 g/mol. The van der Waals surface area contributed by atoms with Crippen molar-refractivity contribution in [1.29, 1.82) is 0 Å². The molecule has 25 heavy (non-hydrogen) atoms. The van der Waals surface area contributed by atoms with Gasteiger partial charge in [0.25, 0.3) is 0 Å². The van der Waals surface area contributed by atoms with E-state index in [4.69, 9.17) is 0 Å². The fraction of sp³-hybridized carbons (Fsp3) is 0.412. The highest BCUT2D eigenvalue weighted by molar-refractivity contribution is 7.88. The lowest BCUT2D eigenvalue weighted by Crippen LogP contribution is -2.48. The number of piperidine rings is 1. The molecule has 2 N–H and O–H groups in total. The van der Waals surface area contributed by atoms with Gasteiger partial charge >= 0.3 is 5.97 Å². The van der Waals surface area contributed by atoms with Gasteiger partial charge in [0.2, 0.25) is 10.0 Å². The van der Waals surface area contributed by atoms with E-state index in [9.17, 15) is 18.3 Å². The van der Waals surface area contributed by atoms with Gasteiger partial charge < -0.3 is 10.0 Å². The molecule has 1 aromatic carbocycles. The summed E-state index contributed by atoms with van der Waals surface area (Å²) in [6, 6.07) is 7.18. The summed E-state index contributed by atoms with van der Waals surface area (Å²) < 4.78 is 25.6. The Morgan fingerprint density at radius 2 is 2.08 bits per heavy atom. The van der Waals surface area contributed by atoms with Crippen molar-refractivity contribution in [3.8, 4) is 0 Å². The Hall–Kier alpha value is -2.19. The van der Waals surface area contributed by atoms with Crippen molar-refractivity contribution in [1.82, 2.24) is 9.71 Å². The maximum atomic E-state index is 11.9. The Labute approximate surface area is 146 Å². The summed E-state index contributed by atoms with van der Waals surface area (Å²) in [4.78, 5) is 18.3. The molecule has 1 saturated heterocycles. The Bertz CT molecular complexity index is 927. The topological polar surface area (TPSA) is 99.6 Å². The van der Waals surface area contributed by atoms with Crippen LogP contribution in [-0.4, -0.2) is 49.9 Å². The van der Waals surface area contributed by atoms with Crippen LogP contribution < -0.4 is 9.62 Å². The van der Waals surface area contributed by atoms with E-state index in [1.165, 1.54) is 0 Å². The van der Waals surface area contributed by atoms with Crippen LogP contribution in [0.5, 0.6) is 0 Å². The zero-order valence-corrected chi connectivity index (χ0v) is 15.0. The Balaban J connectivity index is 2.05. The summed E-state index contributed by atoms with van der Waals surface area (Å²) in [6.07, 6.45) is 2.62. The molecule has 8 heteroatoms. The van der Waals surface area contributed by atoms with Crippen molar-refractivity contribution in [2.45, 2.75) is 25.8 Å². The smallest absolute Gasteiger partial charge is 0.339 e. The average molecular weight is 363 g/mol. The number of sulfonamides is 1. The molecule has 1 unspecified atom stereocenters. The highest BCUT2D eigenvalue weighted by Crippen LogP contribution is 2.30. The number of nitrogens with one attached hydrogen (secondary N) is 1. The SMILES string of the molecule is Cc1c(C(=O)O)c(N2CCCC(NS(C)(=O)=O)C2)nc2ccccc12. The van der Waals surface area contributed by atoms with Gasteiger partial charge in [0.1, 0.15) is 11.4 Å². The third-order valence-electron chi connectivity index (χ3n) is 4.45. The van der Waals surface area contributed by atoms with Crippen LogP contribution in [0.1, 0.15) is 28.8 Å². The first-order valence-corrected chi connectivity index (χ1v) is 10.0. The molecule has 0 bridgehead atoms. The lowest BCUT2D eigenvalue weighted by molar-refractivity contribution is 0.0696. The number of rotatable bonds is 4. The molecule has 0 spiro atoms. The first-order valence-electron chi connectivity index (χ1n) is 8.11. The van der Waals surface area contributed by atoms with Crippen LogP contribution >= 0.6 is 0 Å². The van der Waals surface area contributed by atoms with Crippen LogP contribution in [0, 0.1) is 6.92 Å². The normalized spacial score (nSPS) is 18.5. The molecule has 134 valence electrons. The first kappa shape index (κ1) is 17.6. The molecular formula is C17H21N3O4S. The quantitative estimate of drug-likeness (QED) is 0.859. The number of pyridine rings is 1. The molecule has 0 saturated carbocycles. The number of anilines is 1. The summed E-state index contributed by atoms with van der Waals surface area (Å²) in [5.74, 6) is -0.618. The van der Waals surface area contributed by atoms with Gasteiger partial charge in [-0.2, -0.15) is 0 Å². The predicted molar refractivity (Wildman–Crippen MR) is 96.7 cm³/mol. The number of carboxylic acids is 1. The van der Waals surface area contributed by atoms with Crippen LogP contribution in [0.4, 0.5) is 5.82 Å². The molecule has 0 aliphatic carbocycles. The monoisotopic (exact) mass is 363 g/mol. The third kappa shape index (κ3) is 3.74. The van der Waals surface area contributed by atoms with Gasteiger partial charge in [-0.05, 0) is 31.4 Å². The molecule has 3 rings (SSSR count). The molecule has 1 aliphatic heterocycles. The van der Waals surface area contributed by atoms with Crippen molar-refractivity contribution in [2.24, 2.45) is 0 Å². The van der Waals surface area contributed by atoms with Crippen LogP contribution in [0.2, 0.25) is 0 Å². The number of hydrogen-bond acceptors (Lipinski definition) is 5. The number of fused-ring (bicyclic) bond motifs is 1. The molecule has 0 amide bonds. The number of hydrogen-bond donors (Lipinski definition) is 2. The maximum absolute atomic E-state index is 11.9. The Morgan fingerprint density at radius 3 is 2.76 bits per heavy atom. The summed E-state index contributed by atoms with van der Waals surface area (Å²) >= 11 is 0. The van der Waals surface area contributed by atoms with E-state index < -0.39 is 16.0 Å². The van der Waals surface area contributed by atoms with Crippen molar-refractivity contribution < 1.29 is 18.3 Å². The van der Waals surface area contributed by atoms with Gasteiger partial charge in [0.05, 0.1) is 11.8 Å². The minimum absolute atomic E-state index is 0.179. The maximum Gasteiger partial charge on any atom is 0.339 e. The van der Waals surface area contributed by atoms with E-state index in [1.807, 2.05) is 29.2 Å². The van der Waals surface area contributed by atoms with Gasteiger partial charge in [0.15, 0.2) is 0 Å². The molecule has 1 atom stereocenters. The van der Waals surface area contributed by atoms with Crippen molar-refractivity contribution in [3.63, 3.8) is 0 Å².